The molecule has 0 saturated heterocycles. The molecule has 7 heteroatoms. The predicted molar refractivity (Wildman–Crippen MR) is 53.7 cm³/mol. The molecule has 0 saturated carbocycles. The van der Waals surface area contributed by atoms with Crippen molar-refractivity contribution >= 4 is 11.7 Å². The minimum absolute atomic E-state index is 0.0843. The lowest BCUT2D eigenvalue weighted by Gasteiger charge is -2.18. The van der Waals surface area contributed by atoms with Crippen molar-refractivity contribution < 1.29 is 30.2 Å². The van der Waals surface area contributed by atoms with Gasteiger partial charge in [0.1, 0.15) is 0 Å². The number of aliphatic hydroxyl groups excluding tert-OH is 1. The molecule has 1 unspecified atom stereocenters. The molecule has 0 aromatic heterocycles. The fraction of sp³-hybridized carbons (Fsp3) is 0.300. The first-order valence-corrected chi connectivity index (χ1v) is 4.69. The molecule has 1 rings (SSSR count). The van der Waals surface area contributed by atoms with Crippen LogP contribution in [0.5, 0.6) is 5.75 Å². The van der Waals surface area contributed by atoms with Gasteiger partial charge in [-0.15, -0.1) is 5.23 Å². The molecule has 7 nitrogen and oxygen atoms in total. The largest absolute Gasteiger partial charge is 0.871 e. The highest BCUT2D eigenvalue weighted by Gasteiger charge is 2.16. The van der Waals surface area contributed by atoms with Crippen molar-refractivity contribution in [2.75, 3.05) is 12.3 Å². The van der Waals surface area contributed by atoms with Crippen LogP contribution in [0.2, 0.25) is 0 Å². The molecule has 0 aliphatic carbocycles. The highest BCUT2D eigenvalue weighted by atomic mass is 16.8. The average Bonchev–Trinajstić information content (AvgIpc) is 2.27. The van der Waals surface area contributed by atoms with Crippen LogP contribution in [0.25, 0.3) is 0 Å². The van der Waals surface area contributed by atoms with Crippen LogP contribution in [-0.2, 0) is 16.0 Å². The first kappa shape index (κ1) is 13.2. The van der Waals surface area contributed by atoms with Crippen LogP contribution >= 0.6 is 0 Å². The van der Waals surface area contributed by atoms with E-state index in [-0.39, 0.29) is 17.3 Å². The molecular weight excluding hydrogens is 230 g/mol. The van der Waals surface area contributed by atoms with E-state index >= 15 is 0 Å². The van der Waals surface area contributed by atoms with Gasteiger partial charge in [-0.3, -0.25) is 10.4 Å². The maximum absolute atomic E-state index is 11.3. The van der Waals surface area contributed by atoms with Crippen LogP contribution in [0.3, 0.4) is 0 Å². The van der Waals surface area contributed by atoms with Crippen LogP contribution < -0.4 is 10.3 Å². The average molecular weight is 242 g/mol. The van der Waals surface area contributed by atoms with E-state index in [0.29, 0.717) is 5.56 Å². The van der Waals surface area contributed by atoms with Crippen LogP contribution in [0.4, 0.5) is 5.69 Å². The smallest absolute Gasteiger partial charge is 0.335 e. The van der Waals surface area contributed by atoms with E-state index in [9.17, 15) is 15.0 Å². The molecule has 0 aliphatic rings. The van der Waals surface area contributed by atoms with Gasteiger partial charge < -0.3 is 14.9 Å². The lowest BCUT2D eigenvalue weighted by atomic mass is 10.1. The van der Waals surface area contributed by atoms with Crippen LogP contribution in [0, 0.1) is 0 Å². The molecule has 3 N–H and O–H groups in total. The van der Waals surface area contributed by atoms with Crippen LogP contribution in [0.15, 0.2) is 18.2 Å². The van der Waals surface area contributed by atoms with Gasteiger partial charge in [-0.2, -0.15) is 0 Å². The Bertz CT molecular complexity index is 406. The van der Waals surface area contributed by atoms with Crippen molar-refractivity contribution in [2.45, 2.75) is 12.5 Å². The van der Waals surface area contributed by atoms with Gasteiger partial charge >= 0.3 is 5.97 Å². The number of aliphatic hydroxyl groups is 1. The van der Waals surface area contributed by atoms with Crippen molar-refractivity contribution in [3.8, 4) is 5.75 Å². The Balaban J connectivity index is 2.81. The summed E-state index contributed by atoms with van der Waals surface area (Å²) in [5.41, 5.74) is 0.0693. The van der Waals surface area contributed by atoms with E-state index in [1.54, 1.807) is 0 Å². The Morgan fingerprint density at radius 1 is 1.53 bits per heavy atom. The highest BCUT2D eigenvalue weighted by Crippen LogP contribution is 2.24. The Hall–Kier alpha value is -1.83. The highest BCUT2D eigenvalue weighted by molar-refractivity contribution is 5.74. The van der Waals surface area contributed by atoms with Crippen LogP contribution in [0.1, 0.15) is 5.56 Å². The van der Waals surface area contributed by atoms with Crippen molar-refractivity contribution in [3.05, 3.63) is 23.8 Å². The van der Waals surface area contributed by atoms with E-state index < -0.39 is 17.8 Å². The quantitative estimate of drug-likeness (QED) is 0.478. The summed E-state index contributed by atoms with van der Waals surface area (Å²) in [6.45, 7) is 0. The molecule has 0 bridgehead atoms. The lowest BCUT2D eigenvalue weighted by molar-refractivity contribution is -0.268. The van der Waals surface area contributed by atoms with Crippen molar-refractivity contribution in [1.29, 1.82) is 0 Å². The van der Waals surface area contributed by atoms with Crippen molar-refractivity contribution in [2.24, 2.45) is 0 Å². The first-order valence-electron chi connectivity index (χ1n) is 4.69. The van der Waals surface area contributed by atoms with Gasteiger partial charge in [0.15, 0.2) is 6.10 Å². The summed E-state index contributed by atoms with van der Waals surface area (Å²) in [7, 11) is 1.14. The minimum atomic E-state index is -1.36. The van der Waals surface area contributed by atoms with Gasteiger partial charge in [0, 0.05) is 6.42 Å². The van der Waals surface area contributed by atoms with E-state index in [1.807, 2.05) is 0 Å². The van der Waals surface area contributed by atoms with Crippen molar-refractivity contribution in [1.82, 2.24) is 0 Å². The lowest BCUT2D eigenvalue weighted by Crippen LogP contribution is -2.24. The summed E-state index contributed by atoms with van der Waals surface area (Å²) in [5, 5.41) is 37.7. The zero-order chi connectivity index (χ0) is 13.0. The molecule has 0 spiro atoms. The summed E-state index contributed by atoms with van der Waals surface area (Å²) in [6, 6.07) is 3.66. The predicted octanol–water partition coefficient (Wildman–Crippen LogP) is -0.579. The summed E-state index contributed by atoms with van der Waals surface area (Å²) < 4.78 is 4.32. The van der Waals surface area contributed by atoms with Gasteiger partial charge in [-0.05, 0) is 11.6 Å². The maximum Gasteiger partial charge on any atom is 0.335 e. The minimum Gasteiger partial charge on any atom is -0.871 e. The van der Waals surface area contributed by atoms with E-state index in [1.165, 1.54) is 12.1 Å². The van der Waals surface area contributed by atoms with Gasteiger partial charge in [0.05, 0.1) is 12.8 Å². The number of esters is 1. The summed E-state index contributed by atoms with van der Waals surface area (Å²) >= 11 is 0. The van der Waals surface area contributed by atoms with Crippen LogP contribution in [-0.4, -0.2) is 34.7 Å². The molecule has 0 heterocycles. The number of nitrogens with zero attached hydrogens (tertiary/aromatic N) is 1. The van der Waals surface area contributed by atoms with E-state index in [0.717, 1.165) is 13.2 Å². The molecule has 1 atom stereocenters. The monoisotopic (exact) mass is 242 g/mol. The Kier molecular flexibility index (Phi) is 4.27. The van der Waals surface area contributed by atoms with Gasteiger partial charge in [-0.1, -0.05) is 17.9 Å². The molecule has 0 fully saturated rings. The number of hydrogen-bond donors (Lipinski definition) is 3. The third kappa shape index (κ3) is 3.31. The zero-order valence-electron chi connectivity index (χ0n) is 9.03. The molecule has 94 valence electrons. The second kappa shape index (κ2) is 5.48. The second-order valence-corrected chi connectivity index (χ2v) is 3.33. The number of hydrogen-bond acceptors (Lipinski definition) is 7. The number of ether oxygens (including phenoxy) is 1. The molecule has 17 heavy (non-hydrogen) atoms. The number of methoxy groups -OCH3 is 1. The SMILES string of the molecule is COC(=O)C(O)Cc1ccc(N(O)O)c([O-])c1. The normalized spacial score (nSPS) is 12.0. The fourth-order valence-electron chi connectivity index (χ4n) is 1.29. The molecular formula is C10H12NO6-. The summed E-state index contributed by atoms with van der Waals surface area (Å²) in [6.07, 6.45) is -1.44. The first-order chi connectivity index (χ1) is 7.95. The summed E-state index contributed by atoms with van der Waals surface area (Å²) in [4.78, 5) is 10.9. The zero-order valence-corrected chi connectivity index (χ0v) is 9.03. The van der Waals surface area contributed by atoms with Gasteiger partial charge in [0.25, 0.3) is 0 Å². The number of anilines is 1. The summed E-state index contributed by atoms with van der Waals surface area (Å²) in [5.74, 6) is -1.43. The molecule has 0 amide bonds. The van der Waals surface area contributed by atoms with Gasteiger partial charge in [-0.25, -0.2) is 4.79 Å². The third-order valence-electron chi connectivity index (χ3n) is 2.14. The number of carbonyl (C=O) groups excluding carboxylic acids is 1. The number of carbonyl (C=O) groups is 1. The third-order valence-corrected chi connectivity index (χ3v) is 2.14. The Morgan fingerprint density at radius 2 is 2.18 bits per heavy atom. The number of rotatable bonds is 4. The standard InChI is InChI=1S/C10H13NO6/c1-17-10(14)9(13)5-6-2-3-7(11(15)16)8(12)4-6/h2-4,9,12-13,15-16H,5H2,1H3/p-1. The molecule has 0 aliphatic heterocycles. The molecule has 0 radical (unpaired) electrons. The molecule has 1 aromatic rings. The fourth-order valence-corrected chi connectivity index (χ4v) is 1.29. The Morgan fingerprint density at radius 3 is 2.65 bits per heavy atom. The molecule has 1 aromatic carbocycles. The van der Waals surface area contributed by atoms with E-state index in [4.69, 9.17) is 10.4 Å². The second-order valence-electron chi connectivity index (χ2n) is 3.33. The Labute approximate surface area is 97.0 Å². The van der Waals surface area contributed by atoms with Gasteiger partial charge in [0.2, 0.25) is 0 Å². The number of benzene rings is 1. The topological polar surface area (TPSA) is 113 Å². The van der Waals surface area contributed by atoms with E-state index in [2.05, 4.69) is 4.74 Å². The van der Waals surface area contributed by atoms with Crippen molar-refractivity contribution in [3.63, 3.8) is 0 Å². The maximum atomic E-state index is 11.3.